The van der Waals surface area contributed by atoms with E-state index >= 15 is 0 Å². The maximum atomic E-state index is 11.6. The maximum absolute atomic E-state index is 11.6. The van der Waals surface area contributed by atoms with Crippen molar-refractivity contribution in [2.45, 2.75) is 17.7 Å². The van der Waals surface area contributed by atoms with Gasteiger partial charge in [0.25, 0.3) is 0 Å². The van der Waals surface area contributed by atoms with Gasteiger partial charge in [0.1, 0.15) is 0 Å². The van der Waals surface area contributed by atoms with Crippen LogP contribution in [0.3, 0.4) is 0 Å². The molecule has 0 spiro atoms. The highest BCUT2D eigenvalue weighted by atomic mass is 35.5. The first-order chi connectivity index (χ1) is 9.36. The number of nitrogens with zero attached hydrogens (tertiary/aromatic N) is 1. The molecule has 1 unspecified atom stereocenters. The molecular weight excluding hydrogens is 316 g/mol. The fraction of sp³-hybridized carbons (Fsp3) is 0.538. The molecule has 4 nitrogen and oxygen atoms in total. The van der Waals surface area contributed by atoms with E-state index < -0.39 is 10.0 Å². The Bertz CT molecular complexity index is 578. The van der Waals surface area contributed by atoms with Gasteiger partial charge < -0.3 is 5.73 Å². The van der Waals surface area contributed by atoms with Gasteiger partial charge in [0.2, 0.25) is 10.0 Å². The van der Waals surface area contributed by atoms with Crippen LogP contribution in [0.1, 0.15) is 12.8 Å². The van der Waals surface area contributed by atoms with Crippen LogP contribution < -0.4 is 5.73 Å². The quantitative estimate of drug-likeness (QED) is 0.679. The van der Waals surface area contributed by atoms with E-state index in [9.17, 15) is 8.42 Å². The number of anilines is 1. The predicted octanol–water partition coefficient (Wildman–Crippen LogP) is 2.69. The van der Waals surface area contributed by atoms with E-state index in [0.717, 1.165) is 23.5 Å². The summed E-state index contributed by atoms with van der Waals surface area (Å²) in [7, 11) is -3.08. The molecule has 1 aromatic carbocycles. The first kappa shape index (κ1) is 15.9. The first-order valence-corrected chi connectivity index (χ1v) is 9.70. The molecule has 1 aliphatic heterocycles. The Morgan fingerprint density at radius 1 is 1.50 bits per heavy atom. The van der Waals surface area contributed by atoms with E-state index in [1.54, 1.807) is 28.2 Å². The van der Waals surface area contributed by atoms with Crippen molar-refractivity contribution < 1.29 is 8.42 Å². The number of thioether (sulfide) groups is 1. The van der Waals surface area contributed by atoms with Crippen LogP contribution in [0.5, 0.6) is 0 Å². The number of benzene rings is 1. The summed E-state index contributed by atoms with van der Waals surface area (Å²) < 4.78 is 24.7. The molecule has 0 radical (unpaired) electrons. The normalized spacial score (nSPS) is 21.0. The Morgan fingerprint density at radius 2 is 2.25 bits per heavy atom. The van der Waals surface area contributed by atoms with Crippen molar-refractivity contribution in [3.8, 4) is 0 Å². The van der Waals surface area contributed by atoms with Crippen molar-refractivity contribution in [1.29, 1.82) is 0 Å². The minimum absolute atomic E-state index is 0.362. The van der Waals surface area contributed by atoms with Crippen molar-refractivity contribution in [2.75, 3.05) is 30.8 Å². The van der Waals surface area contributed by atoms with Crippen LogP contribution >= 0.6 is 23.4 Å². The van der Waals surface area contributed by atoms with Crippen LogP contribution in [-0.2, 0) is 10.0 Å². The summed E-state index contributed by atoms with van der Waals surface area (Å²) in [5.41, 5.74) is 6.45. The van der Waals surface area contributed by atoms with Crippen molar-refractivity contribution in [2.24, 2.45) is 5.92 Å². The highest BCUT2D eigenvalue weighted by Gasteiger charge is 2.25. The molecular formula is C13H19ClN2O2S2. The predicted molar refractivity (Wildman–Crippen MR) is 85.7 cm³/mol. The lowest BCUT2D eigenvalue weighted by Gasteiger charge is -2.30. The highest BCUT2D eigenvalue weighted by Crippen LogP contribution is 2.32. The molecule has 7 heteroatoms. The molecule has 0 aliphatic carbocycles. The van der Waals surface area contributed by atoms with E-state index in [1.807, 2.05) is 6.07 Å². The number of halogens is 1. The number of rotatable bonds is 4. The highest BCUT2D eigenvalue weighted by molar-refractivity contribution is 7.99. The standard InChI is InChI=1S/C13H19ClN2O2S2/c1-20(17,18)16-6-2-3-10(8-16)9-19-13-7-11(15)4-5-12(13)14/h4-5,7,10H,2-3,6,8-9,15H2,1H3. The van der Waals surface area contributed by atoms with Gasteiger partial charge in [-0.2, -0.15) is 0 Å². The number of piperidine rings is 1. The summed E-state index contributed by atoms with van der Waals surface area (Å²) in [6.07, 6.45) is 3.25. The van der Waals surface area contributed by atoms with Gasteiger partial charge in [0.05, 0.1) is 11.3 Å². The summed E-state index contributed by atoms with van der Waals surface area (Å²) >= 11 is 7.78. The third-order valence-electron chi connectivity index (χ3n) is 3.38. The van der Waals surface area contributed by atoms with Gasteiger partial charge in [-0.3, -0.25) is 0 Å². The van der Waals surface area contributed by atoms with Gasteiger partial charge in [-0.1, -0.05) is 11.6 Å². The largest absolute Gasteiger partial charge is 0.399 e. The molecule has 1 aliphatic rings. The zero-order valence-corrected chi connectivity index (χ0v) is 13.8. The molecule has 2 N–H and O–H groups in total. The van der Waals surface area contributed by atoms with E-state index in [1.165, 1.54) is 6.26 Å². The SMILES string of the molecule is CS(=O)(=O)N1CCCC(CSc2cc(N)ccc2Cl)C1. The van der Waals surface area contributed by atoms with Crippen molar-refractivity contribution >= 4 is 39.1 Å². The lowest BCUT2D eigenvalue weighted by molar-refractivity contribution is 0.286. The van der Waals surface area contributed by atoms with E-state index in [4.69, 9.17) is 17.3 Å². The van der Waals surface area contributed by atoms with E-state index in [-0.39, 0.29) is 0 Å². The van der Waals surface area contributed by atoms with Gasteiger partial charge in [-0.25, -0.2) is 12.7 Å². The molecule has 2 rings (SSSR count). The van der Waals surface area contributed by atoms with Gasteiger partial charge in [-0.05, 0) is 37.0 Å². The smallest absolute Gasteiger partial charge is 0.211 e. The fourth-order valence-electron chi connectivity index (χ4n) is 2.30. The Hall–Kier alpha value is -0.430. The molecule has 0 saturated carbocycles. The van der Waals surface area contributed by atoms with Crippen LogP contribution in [0.15, 0.2) is 23.1 Å². The minimum atomic E-state index is -3.08. The molecule has 112 valence electrons. The van der Waals surface area contributed by atoms with Crippen molar-refractivity contribution in [3.05, 3.63) is 23.2 Å². The zero-order chi connectivity index (χ0) is 14.8. The second kappa shape index (κ2) is 6.56. The Balaban J connectivity index is 1.95. The lowest BCUT2D eigenvalue weighted by Crippen LogP contribution is -2.39. The topological polar surface area (TPSA) is 63.4 Å². The van der Waals surface area contributed by atoms with Gasteiger partial charge in [0, 0.05) is 29.4 Å². The Kier molecular flexibility index (Phi) is 5.23. The Labute approximate surface area is 129 Å². The molecule has 1 saturated heterocycles. The molecule has 0 bridgehead atoms. The summed E-state index contributed by atoms with van der Waals surface area (Å²) in [6.45, 7) is 1.24. The monoisotopic (exact) mass is 334 g/mol. The molecule has 1 aromatic rings. The van der Waals surface area contributed by atoms with Gasteiger partial charge >= 0.3 is 0 Å². The summed E-state index contributed by atoms with van der Waals surface area (Å²) in [4.78, 5) is 0.961. The van der Waals surface area contributed by atoms with Crippen molar-refractivity contribution in [3.63, 3.8) is 0 Å². The lowest BCUT2D eigenvalue weighted by atomic mass is 10.0. The first-order valence-electron chi connectivity index (χ1n) is 6.49. The third-order valence-corrected chi connectivity index (χ3v) is 6.38. The van der Waals surface area contributed by atoms with Crippen LogP contribution in [0.2, 0.25) is 5.02 Å². The number of hydrogen-bond donors (Lipinski definition) is 1. The average molecular weight is 335 g/mol. The zero-order valence-electron chi connectivity index (χ0n) is 11.4. The minimum Gasteiger partial charge on any atom is -0.399 e. The van der Waals surface area contributed by atoms with Gasteiger partial charge in [0.15, 0.2) is 0 Å². The maximum Gasteiger partial charge on any atom is 0.211 e. The van der Waals surface area contributed by atoms with Gasteiger partial charge in [-0.15, -0.1) is 11.8 Å². The second-order valence-electron chi connectivity index (χ2n) is 5.13. The second-order valence-corrected chi connectivity index (χ2v) is 8.58. The van der Waals surface area contributed by atoms with Crippen molar-refractivity contribution in [1.82, 2.24) is 4.31 Å². The average Bonchev–Trinajstić information content (AvgIpc) is 2.39. The van der Waals surface area contributed by atoms with Crippen LogP contribution in [0.25, 0.3) is 0 Å². The molecule has 1 atom stereocenters. The van der Waals surface area contributed by atoms with Crippen LogP contribution in [0, 0.1) is 5.92 Å². The molecule has 20 heavy (non-hydrogen) atoms. The summed E-state index contributed by atoms with van der Waals surface area (Å²) in [5, 5.41) is 0.694. The molecule has 1 heterocycles. The molecule has 0 aromatic heterocycles. The number of sulfonamides is 1. The summed E-state index contributed by atoms with van der Waals surface area (Å²) in [5.74, 6) is 1.22. The number of hydrogen-bond acceptors (Lipinski definition) is 4. The van der Waals surface area contributed by atoms with E-state index in [0.29, 0.717) is 29.7 Å². The van der Waals surface area contributed by atoms with E-state index in [2.05, 4.69) is 0 Å². The fourth-order valence-corrected chi connectivity index (χ4v) is 4.64. The molecule has 0 amide bonds. The number of nitrogens with two attached hydrogens (primary N) is 1. The van der Waals surface area contributed by atoms with Crippen LogP contribution in [-0.4, -0.2) is 37.8 Å². The number of nitrogen functional groups attached to an aromatic ring is 1. The third kappa shape index (κ3) is 4.28. The molecule has 1 fully saturated rings. The van der Waals surface area contributed by atoms with Crippen LogP contribution in [0.4, 0.5) is 5.69 Å². The summed E-state index contributed by atoms with van der Waals surface area (Å²) in [6, 6.07) is 5.44. The Morgan fingerprint density at radius 3 is 2.95 bits per heavy atom.